The average Bonchev–Trinajstić information content (AvgIpc) is 2.88. The van der Waals surface area contributed by atoms with Crippen molar-refractivity contribution in [2.75, 3.05) is 32.8 Å². The fourth-order valence-electron chi connectivity index (χ4n) is 2.47. The number of esters is 1. The number of ether oxygens (including phenoxy) is 2. The minimum atomic E-state index is -0.0777. The zero-order chi connectivity index (χ0) is 11.9. The molecular weight excluding hydrogens is 218 g/mol. The van der Waals surface area contributed by atoms with Gasteiger partial charge in [0, 0.05) is 13.2 Å². The highest BCUT2D eigenvalue weighted by molar-refractivity contribution is 5.69. The number of nitrogens with zero attached hydrogens (tertiary/aromatic N) is 1. The van der Waals surface area contributed by atoms with Gasteiger partial charge in [-0.3, -0.25) is 4.79 Å². The summed E-state index contributed by atoms with van der Waals surface area (Å²) in [5, 5.41) is 0. The predicted octanol–water partition coefficient (Wildman–Crippen LogP) is 1.58. The molecule has 0 aromatic heterocycles. The second-order valence-electron chi connectivity index (χ2n) is 4.97. The largest absolute Gasteiger partial charge is 0.463 e. The maximum absolute atomic E-state index is 11.5. The van der Waals surface area contributed by atoms with Crippen molar-refractivity contribution in [1.29, 1.82) is 0 Å². The highest BCUT2D eigenvalue weighted by Crippen LogP contribution is 2.12. The summed E-state index contributed by atoms with van der Waals surface area (Å²) in [5.74, 6) is -0.0777. The van der Waals surface area contributed by atoms with Crippen LogP contribution in [0.25, 0.3) is 0 Å². The molecule has 0 N–H and O–H groups in total. The molecule has 0 amide bonds. The zero-order valence-corrected chi connectivity index (χ0v) is 10.5. The molecular formula is C13H23NO3. The summed E-state index contributed by atoms with van der Waals surface area (Å²) in [7, 11) is 0. The molecule has 2 saturated heterocycles. The maximum Gasteiger partial charge on any atom is 0.307 e. The van der Waals surface area contributed by atoms with E-state index < -0.39 is 0 Å². The average molecular weight is 241 g/mol. The first kappa shape index (κ1) is 12.8. The van der Waals surface area contributed by atoms with Crippen molar-refractivity contribution in [1.82, 2.24) is 4.90 Å². The second kappa shape index (κ2) is 6.97. The summed E-state index contributed by atoms with van der Waals surface area (Å²) in [6.07, 6.45) is 6.66. The topological polar surface area (TPSA) is 38.8 Å². The van der Waals surface area contributed by atoms with Crippen LogP contribution in [0.4, 0.5) is 0 Å². The zero-order valence-electron chi connectivity index (χ0n) is 10.5. The van der Waals surface area contributed by atoms with Crippen LogP contribution in [-0.4, -0.2) is 49.8 Å². The van der Waals surface area contributed by atoms with Crippen LogP contribution in [-0.2, 0) is 14.3 Å². The van der Waals surface area contributed by atoms with E-state index in [1.54, 1.807) is 0 Å². The van der Waals surface area contributed by atoms with Crippen LogP contribution in [0.2, 0.25) is 0 Å². The first-order chi connectivity index (χ1) is 8.34. The van der Waals surface area contributed by atoms with Crippen LogP contribution in [0.3, 0.4) is 0 Å². The molecule has 0 bridgehead atoms. The van der Waals surface area contributed by atoms with Crippen LogP contribution < -0.4 is 0 Å². The van der Waals surface area contributed by atoms with Gasteiger partial charge >= 0.3 is 5.97 Å². The molecule has 0 saturated carbocycles. The summed E-state index contributed by atoms with van der Waals surface area (Å²) in [6, 6.07) is 0. The van der Waals surface area contributed by atoms with Crippen molar-refractivity contribution in [3.8, 4) is 0 Å². The number of carbonyl (C=O) groups is 1. The van der Waals surface area contributed by atoms with Gasteiger partial charge < -0.3 is 14.4 Å². The lowest BCUT2D eigenvalue weighted by Crippen LogP contribution is -2.32. The predicted molar refractivity (Wildman–Crippen MR) is 64.8 cm³/mol. The van der Waals surface area contributed by atoms with E-state index in [2.05, 4.69) is 4.90 Å². The van der Waals surface area contributed by atoms with E-state index in [9.17, 15) is 4.79 Å². The molecule has 1 atom stereocenters. The lowest BCUT2D eigenvalue weighted by atomic mass is 10.1. The quantitative estimate of drug-likeness (QED) is 0.685. The van der Waals surface area contributed by atoms with Crippen LogP contribution >= 0.6 is 0 Å². The van der Waals surface area contributed by atoms with E-state index >= 15 is 0 Å². The molecule has 0 aromatic rings. The van der Waals surface area contributed by atoms with Gasteiger partial charge in [-0.15, -0.1) is 0 Å². The van der Waals surface area contributed by atoms with Crippen molar-refractivity contribution in [2.24, 2.45) is 0 Å². The van der Waals surface area contributed by atoms with Crippen LogP contribution in [0.1, 0.15) is 38.5 Å². The third kappa shape index (κ3) is 4.64. The molecule has 2 aliphatic heterocycles. The minimum absolute atomic E-state index is 0.0777. The molecule has 98 valence electrons. The fraction of sp³-hybridized carbons (Fsp3) is 0.923. The third-order valence-corrected chi connectivity index (χ3v) is 3.54. The van der Waals surface area contributed by atoms with Gasteiger partial charge in [0.15, 0.2) is 0 Å². The number of carbonyl (C=O) groups excluding carboxylic acids is 1. The van der Waals surface area contributed by atoms with E-state index in [-0.39, 0.29) is 12.1 Å². The molecule has 0 spiro atoms. The second-order valence-corrected chi connectivity index (χ2v) is 4.97. The van der Waals surface area contributed by atoms with Crippen molar-refractivity contribution in [3.05, 3.63) is 0 Å². The number of hydrogen-bond acceptors (Lipinski definition) is 4. The molecule has 4 nitrogen and oxygen atoms in total. The maximum atomic E-state index is 11.5. The summed E-state index contributed by atoms with van der Waals surface area (Å²) in [5.41, 5.74) is 0. The summed E-state index contributed by atoms with van der Waals surface area (Å²) in [4.78, 5) is 13.9. The summed E-state index contributed by atoms with van der Waals surface area (Å²) < 4.78 is 10.6. The molecule has 2 rings (SSSR count). The Morgan fingerprint density at radius 3 is 2.76 bits per heavy atom. The van der Waals surface area contributed by atoms with Crippen molar-refractivity contribution in [3.63, 3.8) is 0 Å². The van der Waals surface area contributed by atoms with E-state index in [1.807, 2.05) is 0 Å². The van der Waals surface area contributed by atoms with E-state index in [1.165, 1.54) is 19.3 Å². The molecule has 2 aliphatic rings. The van der Waals surface area contributed by atoms with Crippen molar-refractivity contribution >= 4 is 5.97 Å². The van der Waals surface area contributed by atoms with E-state index in [0.29, 0.717) is 13.0 Å². The Labute approximate surface area is 103 Å². The van der Waals surface area contributed by atoms with Gasteiger partial charge in [-0.05, 0) is 38.8 Å². The first-order valence-corrected chi connectivity index (χ1v) is 6.84. The van der Waals surface area contributed by atoms with E-state index in [4.69, 9.17) is 9.47 Å². The van der Waals surface area contributed by atoms with Crippen molar-refractivity contribution in [2.45, 2.75) is 44.6 Å². The molecule has 1 unspecified atom stereocenters. The van der Waals surface area contributed by atoms with E-state index in [0.717, 1.165) is 39.1 Å². The number of hydrogen-bond donors (Lipinski definition) is 0. The SMILES string of the molecule is O=C(CCN1CCCCC1)OCC1CCCO1. The van der Waals surface area contributed by atoms with Crippen LogP contribution in [0.15, 0.2) is 0 Å². The molecule has 17 heavy (non-hydrogen) atoms. The van der Waals surface area contributed by atoms with Gasteiger partial charge in [0.2, 0.25) is 0 Å². The lowest BCUT2D eigenvalue weighted by molar-refractivity contribution is -0.147. The van der Waals surface area contributed by atoms with Gasteiger partial charge in [0.25, 0.3) is 0 Å². The smallest absolute Gasteiger partial charge is 0.307 e. The van der Waals surface area contributed by atoms with Crippen molar-refractivity contribution < 1.29 is 14.3 Å². The number of rotatable bonds is 5. The Morgan fingerprint density at radius 1 is 1.24 bits per heavy atom. The molecule has 4 heteroatoms. The van der Waals surface area contributed by atoms with Gasteiger partial charge in [-0.2, -0.15) is 0 Å². The Hall–Kier alpha value is -0.610. The van der Waals surface area contributed by atoms with Crippen LogP contribution in [0, 0.1) is 0 Å². The number of piperidine rings is 1. The highest BCUT2D eigenvalue weighted by Gasteiger charge is 2.18. The standard InChI is InChI=1S/C13H23NO3/c15-13(17-11-12-5-4-10-16-12)6-9-14-7-2-1-3-8-14/h12H,1-11H2. The first-order valence-electron chi connectivity index (χ1n) is 6.84. The molecule has 2 heterocycles. The summed E-state index contributed by atoms with van der Waals surface area (Å²) >= 11 is 0. The third-order valence-electron chi connectivity index (χ3n) is 3.54. The molecule has 2 fully saturated rings. The Balaban J connectivity index is 1.53. The van der Waals surface area contributed by atoms with Gasteiger partial charge in [-0.25, -0.2) is 0 Å². The molecule has 0 aromatic carbocycles. The summed E-state index contributed by atoms with van der Waals surface area (Å²) in [6.45, 7) is 4.39. The lowest BCUT2D eigenvalue weighted by Gasteiger charge is -2.25. The monoisotopic (exact) mass is 241 g/mol. The fourth-order valence-corrected chi connectivity index (χ4v) is 2.47. The minimum Gasteiger partial charge on any atom is -0.463 e. The highest BCUT2D eigenvalue weighted by atomic mass is 16.6. The van der Waals surface area contributed by atoms with Gasteiger partial charge in [0.1, 0.15) is 6.61 Å². The normalized spacial score (nSPS) is 26.0. The Kier molecular flexibility index (Phi) is 5.26. The Bertz CT molecular complexity index is 233. The molecule has 0 aliphatic carbocycles. The molecule has 0 radical (unpaired) electrons. The number of likely N-dealkylation sites (tertiary alicyclic amines) is 1. The van der Waals surface area contributed by atoms with Crippen LogP contribution in [0.5, 0.6) is 0 Å². The Morgan fingerprint density at radius 2 is 2.06 bits per heavy atom. The van der Waals surface area contributed by atoms with Gasteiger partial charge in [-0.1, -0.05) is 6.42 Å². The van der Waals surface area contributed by atoms with Gasteiger partial charge in [0.05, 0.1) is 12.5 Å².